The van der Waals surface area contributed by atoms with Gasteiger partial charge in [-0.1, -0.05) is 12.1 Å². The fourth-order valence-corrected chi connectivity index (χ4v) is 1.19. The molecule has 1 amide bonds. The number of carbonyl (C=O) groups is 1. The van der Waals surface area contributed by atoms with Crippen LogP contribution in [-0.4, -0.2) is 6.09 Å². The van der Waals surface area contributed by atoms with Crippen molar-refractivity contribution in [3.63, 3.8) is 0 Å². The summed E-state index contributed by atoms with van der Waals surface area (Å²) in [5.74, 6) is 0. The number of alkyl halides is 3. The van der Waals surface area contributed by atoms with Crippen LogP contribution in [0, 0.1) is 0 Å². The van der Waals surface area contributed by atoms with Crippen molar-refractivity contribution in [2.75, 3.05) is 0 Å². The highest BCUT2D eigenvalue weighted by Gasteiger charge is 2.30. The second kappa shape index (κ2) is 4.42. The fraction of sp³-hybridized carbons (Fsp3) is 0.300. The maximum absolute atomic E-state index is 12.2. The van der Waals surface area contributed by atoms with Gasteiger partial charge in [0.15, 0.2) is 0 Å². The molecule has 0 bridgehead atoms. The zero-order chi connectivity index (χ0) is 12.3. The quantitative estimate of drug-likeness (QED) is 0.853. The Labute approximate surface area is 90.0 Å². The molecule has 16 heavy (non-hydrogen) atoms. The summed E-state index contributed by atoms with van der Waals surface area (Å²) in [6.45, 7) is 1.52. The van der Waals surface area contributed by atoms with Crippen molar-refractivity contribution in [2.45, 2.75) is 19.2 Å². The Morgan fingerprint density at radius 1 is 1.31 bits per heavy atom. The molecule has 0 saturated carbocycles. The number of nitrogens with two attached hydrogens (primary N) is 1. The maximum Gasteiger partial charge on any atom is 0.416 e. The number of primary amides is 1. The van der Waals surface area contributed by atoms with Gasteiger partial charge in [0.1, 0.15) is 6.10 Å². The van der Waals surface area contributed by atoms with E-state index in [9.17, 15) is 18.0 Å². The molecule has 0 aliphatic rings. The van der Waals surface area contributed by atoms with Crippen molar-refractivity contribution < 1.29 is 22.7 Å². The van der Waals surface area contributed by atoms with Gasteiger partial charge >= 0.3 is 12.3 Å². The van der Waals surface area contributed by atoms with Gasteiger partial charge in [-0.15, -0.1) is 0 Å². The van der Waals surface area contributed by atoms with Crippen LogP contribution in [0.4, 0.5) is 18.0 Å². The highest BCUT2D eigenvalue weighted by Crippen LogP contribution is 2.30. The molecule has 1 atom stereocenters. The molecule has 0 fully saturated rings. The van der Waals surface area contributed by atoms with Crippen LogP contribution in [-0.2, 0) is 10.9 Å². The number of rotatable bonds is 2. The summed E-state index contributed by atoms with van der Waals surface area (Å²) >= 11 is 0. The Balaban J connectivity index is 2.83. The molecule has 0 heterocycles. The fourth-order valence-electron chi connectivity index (χ4n) is 1.19. The molecule has 88 valence electrons. The van der Waals surface area contributed by atoms with Crippen molar-refractivity contribution >= 4 is 6.09 Å². The van der Waals surface area contributed by atoms with Crippen LogP contribution in [0.1, 0.15) is 24.2 Å². The van der Waals surface area contributed by atoms with E-state index in [1.165, 1.54) is 19.1 Å². The molecule has 1 aromatic rings. The molecule has 1 rings (SSSR count). The number of ether oxygens (including phenoxy) is 1. The van der Waals surface area contributed by atoms with Crippen molar-refractivity contribution in [2.24, 2.45) is 5.73 Å². The van der Waals surface area contributed by atoms with Crippen LogP contribution < -0.4 is 5.73 Å². The predicted molar refractivity (Wildman–Crippen MR) is 50.5 cm³/mol. The molecule has 0 radical (unpaired) electrons. The van der Waals surface area contributed by atoms with E-state index in [-0.39, 0.29) is 0 Å². The number of amides is 1. The Morgan fingerprint density at radius 2 is 1.81 bits per heavy atom. The highest BCUT2D eigenvalue weighted by atomic mass is 19.4. The third-order valence-corrected chi connectivity index (χ3v) is 2.00. The molecule has 0 aliphatic carbocycles. The average Bonchev–Trinajstić information content (AvgIpc) is 2.15. The Hall–Kier alpha value is -1.72. The second-order valence-electron chi connectivity index (χ2n) is 3.20. The number of halogens is 3. The van der Waals surface area contributed by atoms with Gasteiger partial charge < -0.3 is 10.5 Å². The number of carbonyl (C=O) groups excluding carboxylic acids is 1. The minimum absolute atomic E-state index is 0.451. The molecule has 2 N–H and O–H groups in total. The summed E-state index contributed by atoms with van der Waals surface area (Å²) in [5, 5.41) is 0. The summed E-state index contributed by atoms with van der Waals surface area (Å²) in [7, 11) is 0. The lowest BCUT2D eigenvalue weighted by molar-refractivity contribution is -0.137. The first kappa shape index (κ1) is 12.4. The van der Waals surface area contributed by atoms with Gasteiger partial charge in [-0.25, -0.2) is 4.79 Å². The zero-order valence-electron chi connectivity index (χ0n) is 8.41. The van der Waals surface area contributed by atoms with Crippen LogP contribution in [0.5, 0.6) is 0 Å². The molecule has 0 saturated heterocycles. The molecular formula is C10H10F3NO2. The lowest BCUT2D eigenvalue weighted by Gasteiger charge is -2.13. The summed E-state index contributed by atoms with van der Waals surface area (Å²) < 4.78 is 41.3. The molecule has 1 aromatic carbocycles. The van der Waals surface area contributed by atoms with Crippen LogP contribution in [0.15, 0.2) is 24.3 Å². The molecule has 0 aliphatic heterocycles. The van der Waals surface area contributed by atoms with Crippen molar-refractivity contribution in [1.29, 1.82) is 0 Å². The Bertz CT molecular complexity index is 373. The van der Waals surface area contributed by atoms with Gasteiger partial charge in [0.2, 0.25) is 0 Å². The van der Waals surface area contributed by atoms with Gasteiger partial charge in [-0.3, -0.25) is 0 Å². The maximum atomic E-state index is 12.2. The SMILES string of the molecule is CC(OC(N)=O)c1ccc(C(F)(F)F)cc1. The summed E-state index contributed by atoms with van der Waals surface area (Å²) in [4.78, 5) is 10.4. The lowest BCUT2D eigenvalue weighted by Crippen LogP contribution is -2.15. The largest absolute Gasteiger partial charge is 0.442 e. The van der Waals surface area contributed by atoms with Crippen molar-refractivity contribution in [3.05, 3.63) is 35.4 Å². The smallest absolute Gasteiger partial charge is 0.416 e. The van der Waals surface area contributed by atoms with Crippen LogP contribution in [0.2, 0.25) is 0 Å². The van der Waals surface area contributed by atoms with Gasteiger partial charge in [0.25, 0.3) is 0 Å². The van der Waals surface area contributed by atoms with E-state index in [1.807, 2.05) is 0 Å². The monoisotopic (exact) mass is 233 g/mol. The number of hydrogen-bond donors (Lipinski definition) is 1. The van der Waals surface area contributed by atoms with E-state index < -0.39 is 23.9 Å². The normalized spacial score (nSPS) is 13.2. The van der Waals surface area contributed by atoms with E-state index >= 15 is 0 Å². The molecule has 1 unspecified atom stereocenters. The molecule has 3 nitrogen and oxygen atoms in total. The molecule has 0 aromatic heterocycles. The minimum atomic E-state index is -4.37. The molecule has 0 spiro atoms. The summed E-state index contributed by atoms with van der Waals surface area (Å²) in [6, 6.07) is 4.35. The summed E-state index contributed by atoms with van der Waals surface area (Å²) in [5.41, 5.74) is 4.49. The van der Waals surface area contributed by atoms with Crippen LogP contribution in [0.25, 0.3) is 0 Å². The summed E-state index contributed by atoms with van der Waals surface area (Å²) in [6.07, 6.45) is -6.00. The van der Waals surface area contributed by atoms with E-state index in [0.717, 1.165) is 12.1 Å². The van der Waals surface area contributed by atoms with Crippen LogP contribution >= 0.6 is 0 Å². The van der Waals surface area contributed by atoms with Gasteiger partial charge in [-0.2, -0.15) is 13.2 Å². The van der Waals surface area contributed by atoms with E-state index in [4.69, 9.17) is 5.73 Å². The third kappa shape index (κ3) is 3.15. The number of hydrogen-bond acceptors (Lipinski definition) is 2. The van der Waals surface area contributed by atoms with E-state index in [1.54, 1.807) is 0 Å². The van der Waals surface area contributed by atoms with E-state index in [0.29, 0.717) is 5.56 Å². The first-order valence-electron chi connectivity index (χ1n) is 4.44. The molecule has 6 heteroatoms. The minimum Gasteiger partial charge on any atom is -0.442 e. The van der Waals surface area contributed by atoms with Crippen molar-refractivity contribution in [3.8, 4) is 0 Å². The predicted octanol–water partition coefficient (Wildman–Crippen LogP) is 2.86. The lowest BCUT2D eigenvalue weighted by atomic mass is 10.1. The topological polar surface area (TPSA) is 52.3 Å². The first-order chi connectivity index (χ1) is 7.30. The zero-order valence-corrected chi connectivity index (χ0v) is 8.41. The van der Waals surface area contributed by atoms with Gasteiger partial charge in [0, 0.05) is 0 Å². The van der Waals surface area contributed by atoms with E-state index in [2.05, 4.69) is 4.74 Å². The van der Waals surface area contributed by atoms with Crippen molar-refractivity contribution in [1.82, 2.24) is 0 Å². The third-order valence-electron chi connectivity index (χ3n) is 2.00. The average molecular weight is 233 g/mol. The van der Waals surface area contributed by atoms with Gasteiger partial charge in [0.05, 0.1) is 5.56 Å². The Kier molecular flexibility index (Phi) is 3.41. The first-order valence-corrected chi connectivity index (χ1v) is 4.44. The standard InChI is InChI=1S/C10H10F3NO2/c1-6(16-9(14)15)7-2-4-8(5-3-7)10(11,12)13/h2-6H,1H3,(H2,14,15). The van der Waals surface area contributed by atoms with Crippen LogP contribution in [0.3, 0.4) is 0 Å². The molecular weight excluding hydrogens is 223 g/mol. The van der Waals surface area contributed by atoms with Gasteiger partial charge in [-0.05, 0) is 24.6 Å². The second-order valence-corrected chi connectivity index (χ2v) is 3.20. The number of benzene rings is 1. The Morgan fingerprint density at radius 3 is 2.19 bits per heavy atom. The highest BCUT2D eigenvalue weighted by molar-refractivity contribution is 5.65.